The topological polar surface area (TPSA) is 116 Å². The highest BCUT2D eigenvalue weighted by Crippen LogP contribution is 2.17. The normalized spacial score (nSPS) is 11.1. The molecule has 0 atom stereocenters. The van der Waals surface area contributed by atoms with Crippen LogP contribution in [0.2, 0.25) is 0 Å². The van der Waals surface area contributed by atoms with Crippen molar-refractivity contribution in [3.8, 4) is 0 Å². The molecule has 0 bridgehead atoms. The van der Waals surface area contributed by atoms with E-state index in [0.717, 1.165) is 7.11 Å². The van der Waals surface area contributed by atoms with Crippen LogP contribution in [0.5, 0.6) is 0 Å². The molecular weight excluding hydrogens is 324 g/mol. The standard InChI is InChI=1S/C14H14N2O6S/c1-8-9(2)22-13(15-8)12(17)16-23(19,20)11-7-5-4-6-10(11)14(18)21-3/h4-7H,1-3H3,(H,16,17). The summed E-state index contributed by atoms with van der Waals surface area (Å²) in [6.45, 7) is 3.22. The Morgan fingerprint density at radius 1 is 1.22 bits per heavy atom. The first-order valence-electron chi connectivity index (χ1n) is 6.45. The molecule has 0 aliphatic rings. The molecule has 0 unspecified atom stereocenters. The van der Waals surface area contributed by atoms with Gasteiger partial charge >= 0.3 is 11.9 Å². The number of aromatic nitrogens is 1. The number of aryl methyl sites for hydroxylation is 2. The van der Waals surface area contributed by atoms with Gasteiger partial charge in [-0.3, -0.25) is 4.79 Å². The number of nitrogens with one attached hydrogen (secondary N) is 1. The highest BCUT2D eigenvalue weighted by atomic mass is 32.2. The van der Waals surface area contributed by atoms with E-state index in [2.05, 4.69) is 9.72 Å². The number of ether oxygens (including phenoxy) is 1. The molecule has 1 heterocycles. The second kappa shape index (κ2) is 6.21. The molecule has 9 heteroatoms. The zero-order valence-corrected chi connectivity index (χ0v) is 13.4. The summed E-state index contributed by atoms with van der Waals surface area (Å²) >= 11 is 0. The lowest BCUT2D eigenvalue weighted by atomic mass is 10.2. The van der Waals surface area contributed by atoms with Crippen LogP contribution in [-0.4, -0.2) is 32.4 Å². The summed E-state index contributed by atoms with van der Waals surface area (Å²) in [6, 6.07) is 5.37. The highest BCUT2D eigenvalue weighted by Gasteiger charge is 2.27. The fourth-order valence-electron chi connectivity index (χ4n) is 1.77. The van der Waals surface area contributed by atoms with Crippen molar-refractivity contribution >= 4 is 21.9 Å². The van der Waals surface area contributed by atoms with E-state index in [-0.39, 0.29) is 16.3 Å². The number of benzene rings is 1. The Hall–Kier alpha value is -2.68. The minimum Gasteiger partial charge on any atom is -0.465 e. The number of nitrogens with zero attached hydrogens (tertiary/aromatic N) is 1. The third-order valence-corrected chi connectivity index (χ3v) is 4.42. The van der Waals surface area contributed by atoms with Crippen molar-refractivity contribution < 1.29 is 27.2 Å². The minimum absolute atomic E-state index is 0.185. The average molecular weight is 338 g/mol. The van der Waals surface area contributed by atoms with Crippen LogP contribution >= 0.6 is 0 Å². The second-order valence-corrected chi connectivity index (χ2v) is 6.23. The Labute approximate surface area is 132 Å². The van der Waals surface area contributed by atoms with Gasteiger partial charge in [-0.15, -0.1) is 0 Å². The number of hydrogen-bond acceptors (Lipinski definition) is 7. The summed E-state index contributed by atoms with van der Waals surface area (Å²) in [5.41, 5.74) is 0.289. The van der Waals surface area contributed by atoms with E-state index in [4.69, 9.17) is 4.42 Å². The molecule has 2 aromatic rings. The van der Waals surface area contributed by atoms with Crippen molar-refractivity contribution in [2.45, 2.75) is 18.7 Å². The number of sulfonamides is 1. The Balaban J connectivity index is 2.36. The quantitative estimate of drug-likeness (QED) is 0.833. The first-order chi connectivity index (χ1) is 10.8. The highest BCUT2D eigenvalue weighted by molar-refractivity contribution is 7.90. The van der Waals surface area contributed by atoms with Gasteiger partial charge in [-0.05, 0) is 26.0 Å². The van der Waals surface area contributed by atoms with Crippen LogP contribution in [-0.2, 0) is 14.8 Å². The van der Waals surface area contributed by atoms with E-state index in [1.165, 1.54) is 24.3 Å². The summed E-state index contributed by atoms with van der Waals surface area (Å²) < 4.78 is 36.1. The average Bonchev–Trinajstić information content (AvgIpc) is 2.86. The van der Waals surface area contributed by atoms with Crippen LogP contribution in [0.1, 0.15) is 32.5 Å². The Morgan fingerprint density at radius 3 is 2.43 bits per heavy atom. The van der Waals surface area contributed by atoms with Crippen molar-refractivity contribution in [3.05, 3.63) is 47.2 Å². The summed E-state index contributed by atoms with van der Waals surface area (Å²) in [5, 5.41) is 0. The van der Waals surface area contributed by atoms with Gasteiger partial charge in [-0.2, -0.15) is 0 Å². The fraction of sp³-hybridized carbons (Fsp3) is 0.214. The van der Waals surface area contributed by atoms with Crippen molar-refractivity contribution in [1.29, 1.82) is 0 Å². The molecular formula is C14H14N2O6S. The Kier molecular flexibility index (Phi) is 4.50. The van der Waals surface area contributed by atoms with Crippen LogP contribution in [0, 0.1) is 13.8 Å². The van der Waals surface area contributed by atoms with Gasteiger partial charge in [0.15, 0.2) is 0 Å². The molecule has 2 rings (SSSR count). The molecule has 1 aromatic carbocycles. The van der Waals surface area contributed by atoms with Gasteiger partial charge in [-0.25, -0.2) is 22.9 Å². The molecule has 8 nitrogen and oxygen atoms in total. The monoisotopic (exact) mass is 338 g/mol. The van der Waals surface area contributed by atoms with Gasteiger partial charge in [0.1, 0.15) is 10.7 Å². The third-order valence-electron chi connectivity index (χ3n) is 3.03. The van der Waals surface area contributed by atoms with E-state index in [9.17, 15) is 18.0 Å². The predicted octanol–water partition coefficient (Wildman–Crippen LogP) is 1.20. The largest absolute Gasteiger partial charge is 0.465 e. The van der Waals surface area contributed by atoms with Crippen LogP contribution < -0.4 is 4.72 Å². The lowest BCUT2D eigenvalue weighted by Gasteiger charge is -2.09. The number of methoxy groups -OCH3 is 1. The molecule has 0 spiro atoms. The number of hydrogen-bond donors (Lipinski definition) is 1. The maximum Gasteiger partial charge on any atom is 0.339 e. The minimum atomic E-state index is -4.30. The van der Waals surface area contributed by atoms with E-state index < -0.39 is 21.9 Å². The number of carbonyl (C=O) groups excluding carboxylic acids is 2. The molecule has 0 aliphatic carbocycles. The fourth-order valence-corrected chi connectivity index (χ4v) is 2.91. The molecule has 122 valence electrons. The van der Waals surface area contributed by atoms with Gasteiger partial charge in [0, 0.05) is 0 Å². The van der Waals surface area contributed by atoms with Crippen LogP contribution in [0.3, 0.4) is 0 Å². The summed E-state index contributed by atoms with van der Waals surface area (Å²) in [5.74, 6) is -1.83. The first-order valence-corrected chi connectivity index (χ1v) is 7.93. The zero-order chi connectivity index (χ0) is 17.2. The molecule has 1 amide bonds. The SMILES string of the molecule is COC(=O)c1ccccc1S(=O)(=O)NC(=O)c1nc(C)c(C)o1. The van der Waals surface area contributed by atoms with Crippen LogP contribution in [0.15, 0.2) is 33.6 Å². The van der Waals surface area contributed by atoms with Gasteiger partial charge in [-0.1, -0.05) is 12.1 Å². The number of amides is 1. The van der Waals surface area contributed by atoms with Crippen LogP contribution in [0.25, 0.3) is 0 Å². The lowest BCUT2D eigenvalue weighted by molar-refractivity contribution is 0.0596. The number of esters is 1. The molecule has 0 saturated heterocycles. The zero-order valence-electron chi connectivity index (χ0n) is 12.6. The molecule has 23 heavy (non-hydrogen) atoms. The summed E-state index contributed by atoms with van der Waals surface area (Å²) in [4.78, 5) is 27.1. The molecule has 1 aromatic heterocycles. The molecule has 0 fully saturated rings. The molecule has 0 aliphatic heterocycles. The van der Waals surface area contributed by atoms with Crippen molar-refractivity contribution in [1.82, 2.24) is 9.71 Å². The van der Waals surface area contributed by atoms with Gasteiger partial charge < -0.3 is 9.15 Å². The third kappa shape index (κ3) is 3.39. The number of rotatable bonds is 4. The lowest BCUT2D eigenvalue weighted by Crippen LogP contribution is -2.32. The molecule has 0 saturated carbocycles. The van der Waals surface area contributed by atoms with Gasteiger partial charge in [0.25, 0.3) is 15.9 Å². The van der Waals surface area contributed by atoms with E-state index in [0.29, 0.717) is 11.5 Å². The Bertz CT molecular complexity index is 850. The maximum absolute atomic E-state index is 12.3. The second-order valence-electron chi connectivity index (χ2n) is 4.58. The van der Waals surface area contributed by atoms with Crippen molar-refractivity contribution in [2.75, 3.05) is 7.11 Å². The van der Waals surface area contributed by atoms with E-state index in [1.807, 2.05) is 4.72 Å². The number of oxazole rings is 1. The van der Waals surface area contributed by atoms with E-state index >= 15 is 0 Å². The molecule has 0 radical (unpaired) electrons. The first kappa shape index (κ1) is 16.7. The maximum atomic E-state index is 12.3. The predicted molar refractivity (Wildman–Crippen MR) is 78.4 cm³/mol. The smallest absolute Gasteiger partial charge is 0.339 e. The van der Waals surface area contributed by atoms with E-state index in [1.54, 1.807) is 13.8 Å². The summed E-state index contributed by atoms with van der Waals surface area (Å²) in [7, 11) is -3.17. The Morgan fingerprint density at radius 2 is 1.87 bits per heavy atom. The summed E-state index contributed by atoms with van der Waals surface area (Å²) in [6.07, 6.45) is 0. The molecule has 1 N–H and O–H groups in total. The van der Waals surface area contributed by atoms with Gasteiger partial charge in [0.05, 0.1) is 18.4 Å². The number of carbonyl (C=O) groups is 2. The van der Waals surface area contributed by atoms with Crippen LogP contribution in [0.4, 0.5) is 0 Å². The van der Waals surface area contributed by atoms with Gasteiger partial charge in [0.2, 0.25) is 0 Å². The van der Waals surface area contributed by atoms with Crippen molar-refractivity contribution in [2.24, 2.45) is 0 Å². The van der Waals surface area contributed by atoms with Crippen molar-refractivity contribution in [3.63, 3.8) is 0 Å².